The fourth-order valence-electron chi connectivity index (χ4n) is 1.31. The van der Waals surface area contributed by atoms with Gasteiger partial charge >= 0.3 is 76.2 Å². The van der Waals surface area contributed by atoms with Gasteiger partial charge in [-0.2, -0.15) is 0 Å². The molecule has 0 unspecified atom stereocenters. The molecule has 0 saturated carbocycles. The van der Waals surface area contributed by atoms with Crippen molar-refractivity contribution in [1.29, 1.82) is 0 Å². The predicted octanol–water partition coefficient (Wildman–Crippen LogP) is 3.12. The molecule has 0 aliphatic heterocycles. The van der Waals surface area contributed by atoms with Gasteiger partial charge in [-0.15, -0.1) is 0 Å². The second-order valence-corrected chi connectivity index (χ2v) is 5.36. The Kier molecular flexibility index (Phi) is 2.25. The van der Waals surface area contributed by atoms with Gasteiger partial charge in [-0.25, -0.2) is 0 Å². The van der Waals surface area contributed by atoms with E-state index in [0.29, 0.717) is 0 Å². The maximum Gasteiger partial charge on any atom is -1.00 e. The minimum atomic E-state index is 0. The van der Waals surface area contributed by atoms with E-state index in [-0.39, 0.29) is 22.0 Å². The van der Waals surface area contributed by atoms with Crippen molar-refractivity contribution in [2.75, 3.05) is 0 Å². The molecule has 2 aliphatic carbocycles. The Balaban J connectivity index is 0.000000720. The standard InChI is InChI=1S/2C5H5.Ti.2H/c2*1-2-4-5-3-1;;;/h2*1-5H;;;/q;;+2;2*-1. The van der Waals surface area contributed by atoms with E-state index in [1.54, 1.807) is 0 Å². The summed E-state index contributed by atoms with van der Waals surface area (Å²) < 4.78 is 1.60. The molecule has 56 valence electrons. The van der Waals surface area contributed by atoms with Crippen molar-refractivity contribution < 1.29 is 22.0 Å². The molecule has 11 heavy (non-hydrogen) atoms. The molecular formula is C10H12Ti. The van der Waals surface area contributed by atoms with Gasteiger partial charge in [-0.3, -0.25) is 0 Å². The molecule has 0 bridgehead atoms. The van der Waals surface area contributed by atoms with Crippen LogP contribution in [-0.4, -0.2) is 0 Å². The molecule has 0 aromatic rings. The van der Waals surface area contributed by atoms with Gasteiger partial charge in [0.15, 0.2) is 0 Å². The monoisotopic (exact) mass is 180 g/mol. The summed E-state index contributed by atoms with van der Waals surface area (Å²) in [5.41, 5.74) is 0. The van der Waals surface area contributed by atoms with Crippen LogP contribution in [0.4, 0.5) is 0 Å². The minimum Gasteiger partial charge on any atom is -1.00 e. The topological polar surface area (TPSA) is 0 Å². The molecule has 0 fully saturated rings. The quantitative estimate of drug-likeness (QED) is 0.572. The van der Waals surface area contributed by atoms with Crippen LogP contribution >= 0.6 is 0 Å². The first kappa shape index (κ1) is 7.33. The van der Waals surface area contributed by atoms with Gasteiger partial charge in [0.2, 0.25) is 0 Å². The summed E-state index contributed by atoms with van der Waals surface area (Å²) in [7, 11) is 0. The maximum atomic E-state index is 2.32. The van der Waals surface area contributed by atoms with Gasteiger partial charge in [0.1, 0.15) is 0 Å². The van der Waals surface area contributed by atoms with Crippen LogP contribution in [0.1, 0.15) is 2.85 Å². The second-order valence-electron chi connectivity index (χ2n) is 2.76. The zero-order chi connectivity index (χ0) is 7.52. The average Bonchev–Trinajstić information content (AvgIpc) is 2.60. The molecule has 2 rings (SSSR count). The molecule has 0 N–H and O–H groups in total. The molecule has 0 aromatic heterocycles. The van der Waals surface area contributed by atoms with Crippen molar-refractivity contribution in [3.63, 3.8) is 0 Å². The summed E-state index contributed by atoms with van der Waals surface area (Å²) >= 11 is 0.139. The first-order chi connectivity index (χ1) is 5.45. The van der Waals surface area contributed by atoms with E-state index >= 15 is 0 Å². The Labute approximate surface area is 79.3 Å². The first-order valence-corrected chi connectivity index (χ1v) is 5.71. The number of hydrogen-bond donors (Lipinski definition) is 0. The Bertz CT molecular complexity index is 204. The zero-order valence-electron chi connectivity index (χ0n) is 8.27. The first-order valence-electron chi connectivity index (χ1n) is 3.91. The van der Waals surface area contributed by atoms with Crippen LogP contribution in [-0.2, 0) is 19.2 Å². The van der Waals surface area contributed by atoms with Crippen molar-refractivity contribution in [3.8, 4) is 0 Å². The summed E-state index contributed by atoms with van der Waals surface area (Å²) in [6.45, 7) is 0. The van der Waals surface area contributed by atoms with Gasteiger partial charge in [0.05, 0.1) is 0 Å². The SMILES string of the molecule is C1=C[CH]([Ti+2][CH]2C=CC=C2)C=C1.[H-].[H-]. The van der Waals surface area contributed by atoms with E-state index in [1.807, 2.05) is 0 Å². The Morgan fingerprint density at radius 1 is 0.727 bits per heavy atom. The fraction of sp³-hybridized carbons (Fsp3) is 0.200. The molecule has 1 heteroatoms. The Morgan fingerprint density at radius 3 is 1.45 bits per heavy atom. The third kappa shape index (κ3) is 1.82. The minimum absolute atomic E-state index is 0. The van der Waals surface area contributed by atoms with Gasteiger partial charge in [-0.05, 0) is 0 Å². The third-order valence-corrected chi connectivity index (χ3v) is 4.29. The molecule has 0 aromatic carbocycles. The van der Waals surface area contributed by atoms with Gasteiger partial charge in [-0.1, -0.05) is 0 Å². The summed E-state index contributed by atoms with van der Waals surface area (Å²) in [6, 6.07) is 0. The normalized spacial score (nSPS) is 21.8. The van der Waals surface area contributed by atoms with E-state index in [2.05, 4.69) is 48.6 Å². The van der Waals surface area contributed by atoms with Crippen LogP contribution in [0.25, 0.3) is 0 Å². The average molecular weight is 180 g/mol. The predicted molar refractivity (Wildman–Crippen MR) is 46.3 cm³/mol. The van der Waals surface area contributed by atoms with E-state index in [9.17, 15) is 0 Å². The number of rotatable bonds is 2. The van der Waals surface area contributed by atoms with Gasteiger partial charge in [0.25, 0.3) is 0 Å². The van der Waals surface area contributed by atoms with E-state index < -0.39 is 0 Å². The summed E-state index contributed by atoms with van der Waals surface area (Å²) in [5.74, 6) is 0. The van der Waals surface area contributed by atoms with Crippen LogP contribution in [0.15, 0.2) is 48.6 Å². The van der Waals surface area contributed by atoms with E-state index in [1.165, 1.54) is 0 Å². The van der Waals surface area contributed by atoms with E-state index in [4.69, 9.17) is 0 Å². The van der Waals surface area contributed by atoms with Crippen molar-refractivity contribution in [2.45, 2.75) is 8.45 Å². The van der Waals surface area contributed by atoms with E-state index in [0.717, 1.165) is 8.45 Å². The van der Waals surface area contributed by atoms with Crippen molar-refractivity contribution in [2.24, 2.45) is 0 Å². The van der Waals surface area contributed by atoms with Crippen LogP contribution in [0.3, 0.4) is 0 Å². The van der Waals surface area contributed by atoms with Crippen LogP contribution in [0.5, 0.6) is 0 Å². The smallest absolute Gasteiger partial charge is 1.00 e. The fourth-order valence-corrected chi connectivity index (χ4v) is 3.39. The van der Waals surface area contributed by atoms with Gasteiger partial charge < -0.3 is 2.85 Å². The van der Waals surface area contributed by atoms with Crippen LogP contribution < -0.4 is 0 Å². The number of allylic oxidation sites excluding steroid dienone is 8. The summed E-state index contributed by atoms with van der Waals surface area (Å²) in [6.07, 6.45) is 17.9. The summed E-state index contributed by atoms with van der Waals surface area (Å²) in [4.78, 5) is 0. The molecule has 0 heterocycles. The molecule has 0 radical (unpaired) electrons. The molecule has 2 aliphatic rings. The molecule has 0 saturated heterocycles. The Hall–Kier alpha value is -0.326. The molecule has 0 amide bonds. The molecule has 0 spiro atoms. The van der Waals surface area contributed by atoms with Gasteiger partial charge in [0, 0.05) is 0 Å². The molecule has 0 atom stereocenters. The number of hydrogen-bond acceptors (Lipinski definition) is 0. The molecule has 0 nitrogen and oxygen atoms in total. The largest absolute Gasteiger partial charge is 1.00 e. The third-order valence-electron chi connectivity index (χ3n) is 1.88. The molecular weight excluding hydrogens is 168 g/mol. The second kappa shape index (κ2) is 3.38. The van der Waals surface area contributed by atoms with Crippen molar-refractivity contribution in [3.05, 3.63) is 48.6 Å². The van der Waals surface area contributed by atoms with Crippen LogP contribution in [0.2, 0.25) is 8.45 Å². The van der Waals surface area contributed by atoms with Crippen molar-refractivity contribution >= 4 is 0 Å². The van der Waals surface area contributed by atoms with Crippen LogP contribution in [0, 0.1) is 0 Å². The summed E-state index contributed by atoms with van der Waals surface area (Å²) in [5, 5.41) is 0. The maximum absolute atomic E-state index is 2.32. The van der Waals surface area contributed by atoms with Crippen molar-refractivity contribution in [1.82, 2.24) is 0 Å². The Morgan fingerprint density at radius 2 is 1.09 bits per heavy atom. The zero-order valence-corrected chi connectivity index (χ0v) is 7.84.